The maximum Gasteiger partial charge on any atom is 0.337 e. The first-order chi connectivity index (χ1) is 15.4. The molecule has 2 heterocycles. The van der Waals surface area contributed by atoms with Crippen LogP contribution < -0.4 is 9.75 Å². The Morgan fingerprint density at radius 2 is 1.81 bits per heavy atom. The minimum absolute atomic E-state index is 0.00439. The number of pyridine rings is 1. The molecule has 2 aromatic carbocycles. The lowest BCUT2D eigenvalue weighted by Gasteiger charge is -2.30. The fourth-order valence-corrected chi connectivity index (χ4v) is 4.06. The van der Waals surface area contributed by atoms with Crippen molar-refractivity contribution in [2.75, 3.05) is 25.2 Å². The number of methoxy groups -OCH3 is 1. The number of aromatic carboxylic acids is 1. The Hall–Kier alpha value is -3.78. The number of hydrazine groups is 1. The van der Waals surface area contributed by atoms with Gasteiger partial charge in [-0.25, -0.2) is 14.8 Å². The standard InChI is InChI=1S/C24H23N3O5/c1-15(28)27(26-10-3-4-11-26)17-7-5-6-16(12-17)23(29)22-20-13-18(32-2)8-9-19(20)21(14-25-22)24(30)31/h5-9,12-14H,3-4,10-11H2,1-2H3,(H,30,31). The van der Waals surface area contributed by atoms with Crippen LogP contribution in [0, 0.1) is 0 Å². The number of nitrogens with zero attached hydrogens (tertiary/aromatic N) is 3. The minimum Gasteiger partial charge on any atom is -0.497 e. The summed E-state index contributed by atoms with van der Waals surface area (Å²) in [4.78, 5) is 41.6. The Balaban J connectivity index is 1.80. The minimum atomic E-state index is -1.13. The number of fused-ring (bicyclic) bond motifs is 1. The number of carbonyl (C=O) groups is 3. The third kappa shape index (κ3) is 3.92. The van der Waals surface area contributed by atoms with E-state index in [0.717, 1.165) is 25.9 Å². The summed E-state index contributed by atoms with van der Waals surface area (Å²) in [5.74, 6) is -1.14. The number of hydrogen-bond donors (Lipinski definition) is 1. The summed E-state index contributed by atoms with van der Waals surface area (Å²) in [5.41, 5.74) is 1.09. The number of carbonyl (C=O) groups excluding carboxylic acids is 2. The van der Waals surface area contributed by atoms with Crippen LogP contribution in [0.25, 0.3) is 10.8 Å². The van der Waals surface area contributed by atoms with E-state index in [9.17, 15) is 19.5 Å². The highest BCUT2D eigenvalue weighted by molar-refractivity contribution is 6.18. The molecule has 0 unspecified atom stereocenters. The molecule has 0 radical (unpaired) electrons. The second-order valence-electron chi connectivity index (χ2n) is 7.61. The molecule has 8 heteroatoms. The van der Waals surface area contributed by atoms with Crippen LogP contribution in [0.1, 0.15) is 46.2 Å². The van der Waals surface area contributed by atoms with Gasteiger partial charge in [0.25, 0.3) is 0 Å². The van der Waals surface area contributed by atoms with Gasteiger partial charge in [-0.3, -0.25) is 14.6 Å². The molecule has 0 atom stereocenters. The molecule has 164 valence electrons. The Morgan fingerprint density at radius 3 is 2.47 bits per heavy atom. The van der Waals surface area contributed by atoms with Crippen molar-refractivity contribution in [3.8, 4) is 5.75 Å². The summed E-state index contributed by atoms with van der Waals surface area (Å²) in [6.07, 6.45) is 3.21. The van der Waals surface area contributed by atoms with E-state index in [0.29, 0.717) is 27.8 Å². The van der Waals surface area contributed by atoms with Gasteiger partial charge in [-0.15, -0.1) is 0 Å². The summed E-state index contributed by atoms with van der Waals surface area (Å²) in [6.45, 7) is 3.06. The molecule has 1 aliphatic heterocycles. The van der Waals surface area contributed by atoms with Gasteiger partial charge in [-0.2, -0.15) is 0 Å². The van der Waals surface area contributed by atoms with Crippen LogP contribution in [-0.2, 0) is 4.79 Å². The Morgan fingerprint density at radius 1 is 1.06 bits per heavy atom. The predicted molar refractivity (Wildman–Crippen MR) is 119 cm³/mol. The smallest absolute Gasteiger partial charge is 0.337 e. The van der Waals surface area contributed by atoms with Crippen molar-refractivity contribution < 1.29 is 24.2 Å². The monoisotopic (exact) mass is 433 g/mol. The van der Waals surface area contributed by atoms with Gasteiger partial charge in [0.05, 0.1) is 18.4 Å². The van der Waals surface area contributed by atoms with Crippen molar-refractivity contribution in [1.82, 2.24) is 9.99 Å². The molecule has 1 aromatic heterocycles. The summed E-state index contributed by atoms with van der Waals surface area (Å²) in [6, 6.07) is 11.7. The van der Waals surface area contributed by atoms with E-state index in [1.807, 2.05) is 5.01 Å². The normalized spacial score (nSPS) is 13.8. The van der Waals surface area contributed by atoms with Gasteiger partial charge >= 0.3 is 5.97 Å². The van der Waals surface area contributed by atoms with Gasteiger partial charge in [0.15, 0.2) is 0 Å². The summed E-state index contributed by atoms with van der Waals surface area (Å²) in [7, 11) is 1.50. The van der Waals surface area contributed by atoms with E-state index in [1.54, 1.807) is 47.5 Å². The van der Waals surface area contributed by atoms with Crippen LogP contribution in [0.5, 0.6) is 5.75 Å². The SMILES string of the molecule is COc1ccc2c(C(=O)O)cnc(C(=O)c3cccc(N(C(C)=O)N4CCCC4)c3)c2c1. The van der Waals surface area contributed by atoms with Crippen molar-refractivity contribution in [2.45, 2.75) is 19.8 Å². The topological polar surface area (TPSA) is 100 Å². The molecule has 1 aliphatic rings. The maximum atomic E-state index is 13.4. The molecule has 32 heavy (non-hydrogen) atoms. The van der Waals surface area contributed by atoms with E-state index in [1.165, 1.54) is 20.2 Å². The van der Waals surface area contributed by atoms with Gasteiger partial charge in [0, 0.05) is 42.5 Å². The molecule has 0 saturated carbocycles. The lowest BCUT2D eigenvalue weighted by molar-refractivity contribution is -0.119. The molecule has 0 spiro atoms. The summed E-state index contributed by atoms with van der Waals surface area (Å²) < 4.78 is 5.26. The van der Waals surface area contributed by atoms with Crippen LogP contribution in [0.4, 0.5) is 5.69 Å². The fourth-order valence-electron chi connectivity index (χ4n) is 4.06. The van der Waals surface area contributed by atoms with Gasteiger partial charge in [0.1, 0.15) is 11.4 Å². The molecule has 0 bridgehead atoms. The van der Waals surface area contributed by atoms with Crippen LogP contribution in [0.3, 0.4) is 0 Å². The van der Waals surface area contributed by atoms with Gasteiger partial charge in [0.2, 0.25) is 11.7 Å². The lowest BCUT2D eigenvalue weighted by atomic mass is 9.99. The van der Waals surface area contributed by atoms with Gasteiger partial charge < -0.3 is 9.84 Å². The molecule has 1 N–H and O–H groups in total. The number of ether oxygens (including phenoxy) is 1. The molecule has 8 nitrogen and oxygen atoms in total. The van der Waals surface area contributed by atoms with Crippen LogP contribution in [0.2, 0.25) is 0 Å². The second-order valence-corrected chi connectivity index (χ2v) is 7.61. The zero-order chi connectivity index (χ0) is 22.8. The predicted octanol–water partition coefficient (Wildman–Crippen LogP) is 3.54. The van der Waals surface area contributed by atoms with Gasteiger partial charge in [-0.1, -0.05) is 12.1 Å². The molecule has 4 rings (SSSR count). The first kappa shape index (κ1) is 21.5. The highest BCUT2D eigenvalue weighted by Gasteiger charge is 2.25. The first-order valence-electron chi connectivity index (χ1n) is 10.3. The molecule has 1 amide bonds. The third-order valence-electron chi connectivity index (χ3n) is 5.56. The number of anilines is 1. The third-order valence-corrected chi connectivity index (χ3v) is 5.56. The first-order valence-corrected chi connectivity index (χ1v) is 10.3. The molecule has 1 saturated heterocycles. The number of ketones is 1. The van der Waals surface area contributed by atoms with Crippen LogP contribution in [-0.4, -0.2) is 53.0 Å². The Bertz CT molecular complexity index is 1220. The highest BCUT2D eigenvalue weighted by atomic mass is 16.5. The van der Waals surface area contributed by atoms with Gasteiger partial charge in [-0.05, 0) is 43.2 Å². The number of benzene rings is 2. The molecule has 3 aromatic rings. The highest BCUT2D eigenvalue weighted by Crippen LogP contribution is 2.29. The summed E-state index contributed by atoms with van der Waals surface area (Å²) in [5, 5.41) is 13.9. The maximum absolute atomic E-state index is 13.4. The molecule has 1 fully saturated rings. The number of carboxylic acids is 1. The van der Waals surface area contributed by atoms with Crippen molar-refractivity contribution in [2.24, 2.45) is 0 Å². The Labute approximate surface area is 185 Å². The van der Waals surface area contributed by atoms with Crippen LogP contribution >= 0.6 is 0 Å². The van der Waals surface area contributed by atoms with E-state index in [4.69, 9.17) is 4.74 Å². The average Bonchev–Trinajstić information content (AvgIpc) is 3.31. The largest absolute Gasteiger partial charge is 0.497 e. The van der Waals surface area contributed by atoms with Crippen molar-refractivity contribution in [3.63, 3.8) is 0 Å². The lowest BCUT2D eigenvalue weighted by Crippen LogP contribution is -2.44. The van der Waals surface area contributed by atoms with E-state index in [-0.39, 0.29) is 22.9 Å². The van der Waals surface area contributed by atoms with Crippen LogP contribution in [0.15, 0.2) is 48.7 Å². The van der Waals surface area contributed by atoms with Crippen molar-refractivity contribution >= 4 is 34.1 Å². The number of rotatable bonds is 6. The number of carboxylic acid groups (broad SMARTS) is 1. The van der Waals surface area contributed by atoms with Crippen molar-refractivity contribution in [3.05, 3.63) is 65.5 Å². The number of amides is 1. The number of aromatic nitrogens is 1. The zero-order valence-corrected chi connectivity index (χ0v) is 17.9. The molecular weight excluding hydrogens is 410 g/mol. The average molecular weight is 433 g/mol. The molecule has 0 aliphatic carbocycles. The Kier molecular flexibility index (Phi) is 5.87. The quantitative estimate of drug-likeness (QED) is 0.594. The van der Waals surface area contributed by atoms with E-state index < -0.39 is 5.97 Å². The second kappa shape index (κ2) is 8.76. The number of hydrogen-bond acceptors (Lipinski definition) is 6. The van der Waals surface area contributed by atoms with E-state index in [2.05, 4.69) is 4.98 Å². The zero-order valence-electron chi connectivity index (χ0n) is 17.9. The van der Waals surface area contributed by atoms with E-state index >= 15 is 0 Å². The fraction of sp³-hybridized carbons (Fsp3) is 0.250. The molecular formula is C24H23N3O5. The summed E-state index contributed by atoms with van der Waals surface area (Å²) >= 11 is 0. The van der Waals surface area contributed by atoms with Crippen molar-refractivity contribution in [1.29, 1.82) is 0 Å².